The summed E-state index contributed by atoms with van der Waals surface area (Å²) in [7, 11) is 3.34. The zero-order valence-corrected chi connectivity index (χ0v) is 17.7. The number of aromatic nitrogens is 2. The van der Waals surface area contributed by atoms with Gasteiger partial charge >= 0.3 is 0 Å². The van der Waals surface area contributed by atoms with Crippen molar-refractivity contribution < 1.29 is 14.3 Å². The van der Waals surface area contributed by atoms with Crippen molar-refractivity contribution in [2.75, 3.05) is 69.5 Å². The van der Waals surface area contributed by atoms with E-state index in [1.807, 2.05) is 23.1 Å². The van der Waals surface area contributed by atoms with Gasteiger partial charge in [-0.3, -0.25) is 4.79 Å². The van der Waals surface area contributed by atoms with Gasteiger partial charge < -0.3 is 24.6 Å². The van der Waals surface area contributed by atoms with Crippen LogP contribution in [0.5, 0.6) is 5.75 Å². The first-order valence-corrected chi connectivity index (χ1v) is 10.9. The fourth-order valence-corrected chi connectivity index (χ4v) is 4.58. The lowest BCUT2D eigenvalue weighted by molar-refractivity contribution is -0.128. The van der Waals surface area contributed by atoms with Crippen molar-refractivity contribution >= 4 is 39.8 Å². The summed E-state index contributed by atoms with van der Waals surface area (Å²) in [4.78, 5) is 16.7. The first kappa shape index (κ1) is 20.7. The molecule has 0 atom stereocenters. The van der Waals surface area contributed by atoms with Gasteiger partial charge in [-0.15, -0.1) is 10.2 Å². The van der Waals surface area contributed by atoms with E-state index in [0.717, 1.165) is 34.0 Å². The van der Waals surface area contributed by atoms with Gasteiger partial charge in [-0.1, -0.05) is 35.2 Å². The molecule has 0 bridgehead atoms. The molecule has 0 saturated carbocycles. The van der Waals surface area contributed by atoms with E-state index in [2.05, 4.69) is 26.5 Å². The number of nitrogens with zero attached hydrogens (tertiary/aromatic N) is 4. The van der Waals surface area contributed by atoms with Crippen LogP contribution >= 0.6 is 23.1 Å². The Morgan fingerprint density at radius 2 is 2.00 bits per heavy atom. The van der Waals surface area contributed by atoms with Crippen molar-refractivity contribution in [1.29, 1.82) is 0 Å². The van der Waals surface area contributed by atoms with E-state index in [9.17, 15) is 4.79 Å². The lowest BCUT2D eigenvalue weighted by atomic mass is 10.2. The van der Waals surface area contributed by atoms with E-state index in [0.29, 0.717) is 32.0 Å². The number of anilines is 2. The van der Waals surface area contributed by atoms with E-state index < -0.39 is 0 Å². The highest BCUT2D eigenvalue weighted by Crippen LogP contribution is 2.29. The molecule has 1 aromatic carbocycles. The maximum Gasteiger partial charge on any atom is 0.233 e. The monoisotopic (exact) mass is 423 g/mol. The van der Waals surface area contributed by atoms with E-state index in [-0.39, 0.29) is 5.91 Å². The van der Waals surface area contributed by atoms with Gasteiger partial charge in [0.2, 0.25) is 11.0 Å². The van der Waals surface area contributed by atoms with Crippen LogP contribution in [0, 0.1) is 0 Å². The summed E-state index contributed by atoms with van der Waals surface area (Å²) >= 11 is 2.89. The number of nitrogens with one attached hydrogen (secondary N) is 1. The second-order valence-electron chi connectivity index (χ2n) is 6.12. The molecule has 1 aliphatic heterocycles. The third-order valence-electron chi connectivity index (χ3n) is 4.37. The fourth-order valence-electron chi connectivity index (χ4n) is 2.90. The standard InChI is InChI=1S/C18H25N5O3S2/c1-25-12-7-19-17-20-21-18(28-17)27-13-16(24)23-10-8-22(9-11-23)14-5-3-4-6-15(14)26-2/h3-6H,7-13H2,1-2H3,(H,19,20). The summed E-state index contributed by atoms with van der Waals surface area (Å²) in [5.74, 6) is 1.37. The first-order valence-electron chi connectivity index (χ1n) is 9.06. The van der Waals surface area contributed by atoms with E-state index in [4.69, 9.17) is 9.47 Å². The van der Waals surface area contributed by atoms with Crippen LogP contribution in [0.4, 0.5) is 10.8 Å². The first-order chi connectivity index (χ1) is 13.7. The van der Waals surface area contributed by atoms with Crippen molar-refractivity contribution in [2.24, 2.45) is 0 Å². The molecule has 1 saturated heterocycles. The number of piperazine rings is 1. The third kappa shape index (κ3) is 5.49. The lowest BCUT2D eigenvalue weighted by Crippen LogP contribution is -2.49. The molecule has 28 heavy (non-hydrogen) atoms. The summed E-state index contributed by atoms with van der Waals surface area (Å²) in [6.07, 6.45) is 0. The number of hydrogen-bond donors (Lipinski definition) is 1. The van der Waals surface area contributed by atoms with Crippen molar-refractivity contribution in [3.8, 4) is 5.75 Å². The molecule has 2 heterocycles. The van der Waals surface area contributed by atoms with Crippen LogP contribution in [0.3, 0.4) is 0 Å². The maximum absolute atomic E-state index is 12.5. The number of ether oxygens (including phenoxy) is 2. The zero-order valence-electron chi connectivity index (χ0n) is 16.1. The van der Waals surface area contributed by atoms with E-state index >= 15 is 0 Å². The SMILES string of the molecule is COCCNc1nnc(SCC(=O)N2CCN(c3ccccc3OC)CC2)s1. The Balaban J connectivity index is 1.44. The minimum Gasteiger partial charge on any atom is -0.495 e. The van der Waals surface area contributed by atoms with Gasteiger partial charge in [-0.25, -0.2) is 0 Å². The molecule has 1 N–H and O–H groups in total. The molecule has 0 aliphatic carbocycles. The molecule has 8 nitrogen and oxygen atoms in total. The number of benzene rings is 1. The van der Waals surface area contributed by atoms with Gasteiger partial charge in [0, 0.05) is 39.8 Å². The van der Waals surface area contributed by atoms with Gasteiger partial charge in [0.1, 0.15) is 5.75 Å². The number of para-hydroxylation sites is 2. The number of rotatable bonds is 9. The Hall–Kier alpha value is -2.04. The number of thioether (sulfide) groups is 1. The quantitative estimate of drug-likeness (QED) is 0.485. The van der Waals surface area contributed by atoms with Gasteiger partial charge in [-0.2, -0.15) is 0 Å². The van der Waals surface area contributed by atoms with Gasteiger partial charge in [-0.05, 0) is 12.1 Å². The molecule has 1 amide bonds. The summed E-state index contributed by atoms with van der Waals surface area (Å²) < 4.78 is 11.2. The average molecular weight is 424 g/mol. The van der Waals surface area contributed by atoms with Crippen LogP contribution in [0.15, 0.2) is 28.6 Å². The van der Waals surface area contributed by atoms with Gasteiger partial charge in [0.15, 0.2) is 4.34 Å². The second kappa shape index (κ2) is 10.5. The topological polar surface area (TPSA) is 79.8 Å². The van der Waals surface area contributed by atoms with Crippen LogP contribution < -0.4 is 15.0 Å². The Morgan fingerprint density at radius 3 is 2.75 bits per heavy atom. The minimum absolute atomic E-state index is 0.133. The number of hydrogen-bond acceptors (Lipinski definition) is 9. The minimum atomic E-state index is 0.133. The highest BCUT2D eigenvalue weighted by atomic mass is 32.2. The van der Waals surface area contributed by atoms with E-state index in [1.165, 1.54) is 23.1 Å². The van der Waals surface area contributed by atoms with E-state index in [1.54, 1.807) is 14.2 Å². The summed E-state index contributed by atoms with van der Waals surface area (Å²) in [6.45, 7) is 4.30. The van der Waals surface area contributed by atoms with Crippen LogP contribution in [0.2, 0.25) is 0 Å². The molecule has 1 aromatic heterocycles. The number of carbonyl (C=O) groups is 1. The Morgan fingerprint density at radius 1 is 1.21 bits per heavy atom. The molecule has 0 spiro atoms. The normalized spacial score (nSPS) is 14.2. The zero-order chi connectivity index (χ0) is 19.8. The molecule has 152 valence electrons. The van der Waals surface area contributed by atoms with Crippen molar-refractivity contribution in [3.63, 3.8) is 0 Å². The molecule has 1 aliphatic rings. The molecule has 1 fully saturated rings. The smallest absolute Gasteiger partial charge is 0.233 e. The van der Waals surface area contributed by atoms with Crippen LogP contribution in [-0.4, -0.2) is 80.3 Å². The molecular weight excluding hydrogens is 398 g/mol. The maximum atomic E-state index is 12.5. The third-order valence-corrected chi connectivity index (χ3v) is 6.37. The highest BCUT2D eigenvalue weighted by molar-refractivity contribution is 8.01. The predicted molar refractivity (Wildman–Crippen MR) is 113 cm³/mol. The van der Waals surface area contributed by atoms with Gasteiger partial charge in [0.05, 0.1) is 25.2 Å². The molecule has 0 unspecified atom stereocenters. The predicted octanol–water partition coefficient (Wildman–Crippen LogP) is 2.05. The summed E-state index contributed by atoms with van der Waals surface area (Å²) in [5, 5.41) is 12.1. The highest BCUT2D eigenvalue weighted by Gasteiger charge is 2.23. The summed E-state index contributed by atoms with van der Waals surface area (Å²) in [5.41, 5.74) is 1.08. The van der Waals surface area contributed by atoms with Gasteiger partial charge in [0.25, 0.3) is 0 Å². The lowest BCUT2D eigenvalue weighted by Gasteiger charge is -2.36. The molecule has 10 heteroatoms. The Labute approximate surface area is 173 Å². The fraction of sp³-hybridized carbons (Fsp3) is 0.500. The van der Waals surface area contributed by atoms with Crippen LogP contribution in [0.1, 0.15) is 0 Å². The average Bonchev–Trinajstić information content (AvgIpc) is 3.20. The molecule has 2 aromatic rings. The molecular formula is C18H25N5O3S2. The van der Waals surface area contributed by atoms with Crippen LogP contribution in [0.25, 0.3) is 0 Å². The summed E-state index contributed by atoms with van der Waals surface area (Å²) in [6, 6.07) is 7.99. The Bertz CT molecular complexity index is 765. The molecule has 3 rings (SSSR count). The largest absolute Gasteiger partial charge is 0.495 e. The second-order valence-corrected chi connectivity index (χ2v) is 8.32. The number of amides is 1. The van der Waals surface area contributed by atoms with Crippen molar-refractivity contribution in [3.05, 3.63) is 24.3 Å². The Kier molecular flexibility index (Phi) is 7.75. The number of carbonyl (C=O) groups excluding carboxylic acids is 1. The van der Waals surface area contributed by atoms with Crippen LogP contribution in [-0.2, 0) is 9.53 Å². The van der Waals surface area contributed by atoms with Crippen molar-refractivity contribution in [1.82, 2.24) is 15.1 Å². The number of methoxy groups -OCH3 is 2. The molecule has 0 radical (unpaired) electrons. The van der Waals surface area contributed by atoms with Crippen molar-refractivity contribution in [2.45, 2.75) is 4.34 Å².